The second-order valence-corrected chi connectivity index (χ2v) is 5.27. The number of rotatable bonds is 0. The van der Waals surface area contributed by atoms with E-state index in [9.17, 15) is 0 Å². The van der Waals surface area contributed by atoms with Crippen molar-refractivity contribution >= 4 is 5.71 Å². The van der Waals surface area contributed by atoms with Crippen LogP contribution in [0, 0.1) is 23.7 Å². The molecule has 72 valence electrons. The third kappa shape index (κ3) is 1.18. The molecule has 1 N–H and O–H groups in total. The molecule has 4 bridgehead atoms. The van der Waals surface area contributed by atoms with Gasteiger partial charge in [-0.3, -0.25) is 0 Å². The van der Waals surface area contributed by atoms with Gasteiger partial charge in [-0.25, -0.2) is 0 Å². The van der Waals surface area contributed by atoms with Crippen molar-refractivity contribution in [3.05, 3.63) is 0 Å². The predicted molar refractivity (Wildman–Crippen MR) is 50.9 cm³/mol. The number of nitrogens with zero attached hydrogens (tertiary/aromatic N) is 1. The second kappa shape index (κ2) is 2.73. The molecule has 0 aromatic heterocycles. The van der Waals surface area contributed by atoms with Crippen LogP contribution in [-0.2, 0) is 0 Å². The minimum Gasteiger partial charge on any atom is -0.411 e. The lowest BCUT2D eigenvalue weighted by atomic mass is 9.68. The van der Waals surface area contributed by atoms with E-state index in [1.807, 2.05) is 0 Å². The maximum atomic E-state index is 8.95. The van der Waals surface area contributed by atoms with Gasteiger partial charge in [-0.2, -0.15) is 0 Å². The van der Waals surface area contributed by atoms with Crippen molar-refractivity contribution in [3.63, 3.8) is 0 Å². The van der Waals surface area contributed by atoms with E-state index < -0.39 is 0 Å². The summed E-state index contributed by atoms with van der Waals surface area (Å²) in [6.07, 6.45) is 8.00. The number of hydrogen-bond acceptors (Lipinski definition) is 2. The van der Waals surface area contributed by atoms with Crippen LogP contribution in [0.4, 0.5) is 0 Å². The normalized spacial score (nSPS) is 51.2. The summed E-state index contributed by atoms with van der Waals surface area (Å²) < 4.78 is 0. The molecule has 13 heavy (non-hydrogen) atoms. The fraction of sp³-hybridized carbons (Fsp3) is 0.909. The van der Waals surface area contributed by atoms with Crippen LogP contribution in [0.15, 0.2) is 5.16 Å². The molecule has 0 spiro atoms. The van der Waals surface area contributed by atoms with Crippen molar-refractivity contribution in [2.75, 3.05) is 0 Å². The molecule has 0 aromatic carbocycles. The lowest BCUT2D eigenvalue weighted by Gasteiger charge is -2.37. The highest BCUT2D eigenvalue weighted by atomic mass is 16.4. The molecular weight excluding hydrogens is 162 g/mol. The van der Waals surface area contributed by atoms with Crippen molar-refractivity contribution in [2.45, 2.75) is 38.5 Å². The van der Waals surface area contributed by atoms with Crippen molar-refractivity contribution in [1.29, 1.82) is 0 Å². The molecule has 4 fully saturated rings. The van der Waals surface area contributed by atoms with Crippen LogP contribution in [0.25, 0.3) is 0 Å². The standard InChI is InChI=1S/C11H17NO/c13-12-11-6-9-2-7-1-8(3-9)5-10(11)4-7/h7-10,13H,1-6H2/b12-11-/t7-,8-,9?,10?/m0/s1. The quantitative estimate of drug-likeness (QED) is 0.450. The molecule has 2 nitrogen and oxygen atoms in total. The molecule has 2 heteroatoms. The summed E-state index contributed by atoms with van der Waals surface area (Å²) in [5, 5.41) is 12.5. The number of fused-ring (bicyclic) bond motifs is 1. The van der Waals surface area contributed by atoms with Crippen molar-refractivity contribution < 1.29 is 5.21 Å². The number of oxime groups is 1. The molecule has 4 saturated carbocycles. The summed E-state index contributed by atoms with van der Waals surface area (Å²) in [4.78, 5) is 0. The third-order valence-corrected chi connectivity index (χ3v) is 4.33. The second-order valence-electron chi connectivity index (χ2n) is 5.27. The molecular formula is C11H17NO. The molecule has 2 atom stereocenters. The summed E-state index contributed by atoms with van der Waals surface area (Å²) in [6.45, 7) is 0. The monoisotopic (exact) mass is 179 g/mol. The van der Waals surface area contributed by atoms with Crippen LogP contribution in [0.5, 0.6) is 0 Å². The molecule has 0 aromatic rings. The van der Waals surface area contributed by atoms with E-state index >= 15 is 0 Å². The first kappa shape index (κ1) is 7.84. The topological polar surface area (TPSA) is 32.6 Å². The van der Waals surface area contributed by atoms with Crippen molar-refractivity contribution in [1.82, 2.24) is 0 Å². The molecule has 0 saturated heterocycles. The smallest absolute Gasteiger partial charge is 0.0604 e. The van der Waals surface area contributed by atoms with Crippen LogP contribution >= 0.6 is 0 Å². The Balaban J connectivity index is 1.95. The van der Waals surface area contributed by atoms with E-state index in [0.29, 0.717) is 5.92 Å². The van der Waals surface area contributed by atoms with Gasteiger partial charge >= 0.3 is 0 Å². The summed E-state index contributed by atoms with van der Waals surface area (Å²) in [5.41, 5.74) is 1.12. The maximum absolute atomic E-state index is 8.95. The van der Waals surface area contributed by atoms with Gasteiger partial charge in [-0.1, -0.05) is 5.16 Å². The Morgan fingerprint density at radius 3 is 2.15 bits per heavy atom. The van der Waals surface area contributed by atoms with Gasteiger partial charge in [0, 0.05) is 5.92 Å². The molecule has 0 unspecified atom stereocenters. The maximum Gasteiger partial charge on any atom is 0.0604 e. The first-order chi connectivity index (χ1) is 6.35. The lowest BCUT2D eigenvalue weighted by Crippen LogP contribution is -2.28. The largest absolute Gasteiger partial charge is 0.411 e. The molecule has 4 aliphatic rings. The van der Waals surface area contributed by atoms with Crippen LogP contribution in [0.3, 0.4) is 0 Å². The zero-order chi connectivity index (χ0) is 8.84. The van der Waals surface area contributed by atoms with E-state index in [0.717, 1.165) is 29.9 Å². The van der Waals surface area contributed by atoms with Gasteiger partial charge in [0.2, 0.25) is 0 Å². The van der Waals surface area contributed by atoms with Gasteiger partial charge in [-0.15, -0.1) is 0 Å². The summed E-state index contributed by atoms with van der Waals surface area (Å²) in [6, 6.07) is 0. The molecule has 4 rings (SSSR count). The van der Waals surface area contributed by atoms with Crippen molar-refractivity contribution in [3.8, 4) is 0 Å². The van der Waals surface area contributed by atoms with Gasteiger partial charge in [-0.05, 0) is 56.3 Å². The molecule has 0 radical (unpaired) electrons. The average molecular weight is 179 g/mol. The van der Waals surface area contributed by atoms with Gasteiger partial charge < -0.3 is 5.21 Å². The van der Waals surface area contributed by atoms with E-state index in [-0.39, 0.29) is 0 Å². The lowest BCUT2D eigenvalue weighted by molar-refractivity contribution is 0.139. The summed E-state index contributed by atoms with van der Waals surface area (Å²) in [7, 11) is 0. The highest BCUT2D eigenvalue weighted by Crippen LogP contribution is 2.50. The fourth-order valence-corrected chi connectivity index (χ4v) is 4.01. The molecule has 0 amide bonds. The fourth-order valence-electron chi connectivity index (χ4n) is 4.01. The van der Waals surface area contributed by atoms with Crippen LogP contribution < -0.4 is 0 Å². The minimum atomic E-state index is 0.640. The van der Waals surface area contributed by atoms with E-state index in [4.69, 9.17) is 5.21 Å². The van der Waals surface area contributed by atoms with Gasteiger partial charge in [0.05, 0.1) is 5.71 Å². The first-order valence-corrected chi connectivity index (χ1v) is 5.56. The Kier molecular flexibility index (Phi) is 1.64. The third-order valence-electron chi connectivity index (χ3n) is 4.33. The molecule has 0 heterocycles. The zero-order valence-electron chi connectivity index (χ0n) is 7.95. The Hall–Kier alpha value is -0.530. The van der Waals surface area contributed by atoms with Gasteiger partial charge in [0.1, 0.15) is 0 Å². The Bertz CT molecular complexity index is 234. The van der Waals surface area contributed by atoms with Crippen LogP contribution in [-0.4, -0.2) is 10.9 Å². The highest BCUT2D eigenvalue weighted by Gasteiger charge is 2.42. The summed E-state index contributed by atoms with van der Waals surface area (Å²) in [5.74, 6) is 3.41. The highest BCUT2D eigenvalue weighted by molar-refractivity contribution is 5.87. The molecule has 4 aliphatic carbocycles. The van der Waals surface area contributed by atoms with Gasteiger partial charge in [0.25, 0.3) is 0 Å². The van der Waals surface area contributed by atoms with Gasteiger partial charge in [0.15, 0.2) is 0 Å². The zero-order valence-corrected chi connectivity index (χ0v) is 7.95. The van der Waals surface area contributed by atoms with Crippen LogP contribution in [0.1, 0.15) is 38.5 Å². The Morgan fingerprint density at radius 2 is 1.54 bits per heavy atom. The Morgan fingerprint density at radius 1 is 0.923 bits per heavy atom. The number of hydrogen-bond donors (Lipinski definition) is 1. The van der Waals surface area contributed by atoms with E-state index in [2.05, 4.69) is 5.16 Å². The van der Waals surface area contributed by atoms with E-state index in [1.165, 1.54) is 32.1 Å². The average Bonchev–Trinajstić information content (AvgIpc) is 2.29. The predicted octanol–water partition coefficient (Wildman–Crippen LogP) is 2.66. The minimum absolute atomic E-state index is 0.640. The first-order valence-electron chi connectivity index (χ1n) is 5.56. The van der Waals surface area contributed by atoms with Crippen molar-refractivity contribution in [2.24, 2.45) is 28.8 Å². The van der Waals surface area contributed by atoms with E-state index in [1.54, 1.807) is 0 Å². The summed E-state index contributed by atoms with van der Waals surface area (Å²) >= 11 is 0. The molecule has 0 aliphatic heterocycles. The van der Waals surface area contributed by atoms with Crippen LogP contribution in [0.2, 0.25) is 0 Å². The SMILES string of the molecule is O/N=C1/CC2C[C@H]3CC1C[C@H](C2)C3. The Labute approximate surface area is 79.0 Å².